The van der Waals surface area contributed by atoms with Crippen molar-refractivity contribution in [1.82, 2.24) is 14.5 Å². The quantitative estimate of drug-likeness (QED) is 0.514. The van der Waals surface area contributed by atoms with Crippen molar-refractivity contribution in [3.63, 3.8) is 0 Å². The van der Waals surface area contributed by atoms with Gasteiger partial charge < -0.3 is 14.5 Å². The smallest absolute Gasteiger partial charge is 0.228 e. The third kappa shape index (κ3) is 3.91. The number of carbonyl (C=O) groups is 1. The summed E-state index contributed by atoms with van der Waals surface area (Å²) in [4.78, 5) is 17.2. The second-order valence-electron chi connectivity index (χ2n) is 7.33. The van der Waals surface area contributed by atoms with Gasteiger partial charge in [-0.3, -0.25) is 4.79 Å². The van der Waals surface area contributed by atoms with Crippen LogP contribution in [0.3, 0.4) is 0 Å². The predicted octanol–water partition coefficient (Wildman–Crippen LogP) is 2.73. The van der Waals surface area contributed by atoms with Gasteiger partial charge in [0, 0.05) is 42.5 Å². The zero-order chi connectivity index (χ0) is 20.9. The van der Waals surface area contributed by atoms with Crippen LogP contribution in [0.2, 0.25) is 0 Å². The maximum absolute atomic E-state index is 14.5. The van der Waals surface area contributed by atoms with Gasteiger partial charge in [-0.05, 0) is 46.7 Å². The predicted molar refractivity (Wildman–Crippen MR) is 109 cm³/mol. The molecule has 2 aliphatic heterocycles. The summed E-state index contributed by atoms with van der Waals surface area (Å²) in [6, 6.07) is 2.56. The van der Waals surface area contributed by atoms with Gasteiger partial charge >= 0.3 is 0 Å². The highest BCUT2D eigenvalue weighted by Crippen LogP contribution is 2.36. The van der Waals surface area contributed by atoms with E-state index >= 15 is 0 Å². The van der Waals surface area contributed by atoms with Gasteiger partial charge in [0.1, 0.15) is 11.6 Å². The maximum atomic E-state index is 14.5. The molecule has 0 bridgehead atoms. The fourth-order valence-corrected chi connectivity index (χ4v) is 5.84. The van der Waals surface area contributed by atoms with Crippen molar-refractivity contribution in [2.75, 3.05) is 24.6 Å². The van der Waals surface area contributed by atoms with Crippen LogP contribution in [-0.4, -0.2) is 53.4 Å². The molecule has 0 saturated carbocycles. The molecule has 1 aromatic heterocycles. The van der Waals surface area contributed by atoms with Gasteiger partial charge in [0.25, 0.3) is 0 Å². The minimum atomic E-state index is -3.07. The Kier molecular flexibility index (Phi) is 5.41. The number of nitrogens with zero attached hydrogens (tertiary/aromatic N) is 2. The van der Waals surface area contributed by atoms with Crippen LogP contribution in [0.1, 0.15) is 22.9 Å². The van der Waals surface area contributed by atoms with Crippen molar-refractivity contribution < 1.29 is 22.0 Å². The number of rotatable bonds is 3. The van der Waals surface area contributed by atoms with Crippen molar-refractivity contribution in [2.45, 2.75) is 25.3 Å². The Labute approximate surface area is 180 Å². The Hall–Kier alpha value is -1.59. The highest BCUT2D eigenvalue weighted by atomic mass is 79.9. The lowest BCUT2D eigenvalue weighted by atomic mass is 9.95. The summed E-state index contributed by atoms with van der Waals surface area (Å²) in [5.74, 6) is -1.92. The highest BCUT2D eigenvalue weighted by Gasteiger charge is 2.33. The summed E-state index contributed by atoms with van der Waals surface area (Å²) >= 11 is 8.44. The number of carbonyl (C=O) groups excluding carboxylic acids is 1. The van der Waals surface area contributed by atoms with E-state index in [9.17, 15) is 22.0 Å². The molecule has 1 amide bonds. The second-order valence-corrected chi connectivity index (χ2v) is 10.9. The van der Waals surface area contributed by atoms with Crippen molar-refractivity contribution in [1.29, 1.82) is 0 Å². The number of aromatic amines is 1. The van der Waals surface area contributed by atoms with E-state index in [1.807, 2.05) is 0 Å². The molecule has 1 aromatic carbocycles. The van der Waals surface area contributed by atoms with E-state index < -0.39 is 27.4 Å². The molecule has 1 N–H and O–H groups in total. The van der Waals surface area contributed by atoms with E-state index in [0.717, 1.165) is 5.69 Å². The Balaban J connectivity index is 1.55. The van der Waals surface area contributed by atoms with Crippen molar-refractivity contribution in [3.8, 4) is 0 Å². The first-order valence-corrected chi connectivity index (χ1v) is 12.1. The van der Waals surface area contributed by atoms with Crippen LogP contribution in [0.5, 0.6) is 0 Å². The van der Waals surface area contributed by atoms with Gasteiger partial charge in [-0.25, -0.2) is 17.2 Å². The highest BCUT2D eigenvalue weighted by molar-refractivity contribution is 9.10. The molecule has 1 saturated heterocycles. The van der Waals surface area contributed by atoms with Crippen LogP contribution in [0.4, 0.5) is 8.78 Å². The van der Waals surface area contributed by atoms with Crippen LogP contribution in [0.25, 0.3) is 0 Å². The summed E-state index contributed by atoms with van der Waals surface area (Å²) in [6.45, 7) is 0.676. The number of nitrogens with one attached hydrogen (secondary N) is 1. The molecular weight excluding hydrogens is 488 g/mol. The average molecular weight is 506 g/mol. The summed E-state index contributed by atoms with van der Waals surface area (Å²) < 4.78 is 54.3. The minimum Gasteiger partial charge on any atom is -0.340 e. The molecule has 3 heterocycles. The fraction of sp³-hybridized carbons (Fsp3) is 0.444. The summed E-state index contributed by atoms with van der Waals surface area (Å²) in [6.07, 6.45) is 0.399. The Morgan fingerprint density at radius 2 is 1.97 bits per heavy atom. The molecule has 2 aromatic rings. The largest absolute Gasteiger partial charge is 0.340 e. The summed E-state index contributed by atoms with van der Waals surface area (Å²) in [7, 11) is -3.07. The first kappa shape index (κ1) is 20.7. The topological polar surface area (TPSA) is 75.2 Å². The van der Waals surface area contributed by atoms with Crippen molar-refractivity contribution in [3.05, 3.63) is 50.0 Å². The van der Waals surface area contributed by atoms with Crippen LogP contribution in [0, 0.1) is 16.4 Å². The number of imidazole rings is 1. The van der Waals surface area contributed by atoms with Crippen molar-refractivity contribution >= 4 is 43.9 Å². The molecule has 2 aliphatic rings. The van der Waals surface area contributed by atoms with Crippen LogP contribution < -0.4 is 0 Å². The van der Waals surface area contributed by atoms with Gasteiger partial charge in [-0.15, -0.1) is 0 Å². The maximum Gasteiger partial charge on any atom is 0.228 e. The Morgan fingerprint density at radius 3 is 2.66 bits per heavy atom. The van der Waals surface area contributed by atoms with Gasteiger partial charge in [-0.2, -0.15) is 0 Å². The van der Waals surface area contributed by atoms with E-state index in [1.165, 1.54) is 17.0 Å². The number of hydrogen-bond acceptors (Lipinski definition) is 4. The molecule has 4 rings (SSSR count). The van der Waals surface area contributed by atoms with E-state index in [0.29, 0.717) is 23.4 Å². The van der Waals surface area contributed by atoms with Gasteiger partial charge in [0.15, 0.2) is 14.6 Å². The Bertz CT molecular complexity index is 1150. The molecule has 1 atom stereocenters. The molecule has 0 aliphatic carbocycles. The zero-order valence-electron chi connectivity index (χ0n) is 15.3. The number of amides is 1. The summed E-state index contributed by atoms with van der Waals surface area (Å²) in [5.41, 5.74) is 1.39. The minimum absolute atomic E-state index is 0.0102. The van der Waals surface area contributed by atoms with E-state index in [2.05, 4.69) is 20.9 Å². The third-order valence-corrected chi connectivity index (χ3v) is 8.08. The fourth-order valence-electron chi connectivity index (χ4n) is 3.98. The standard InChI is InChI=1S/C18H18BrF2N3O3S2/c19-11-1-2-12(20)16(17(11)21)10-7-14-13(22-18(28)24(14)9-10)8-15(25)23-3-5-29(26,27)6-4-23/h1-2,10H,3-9H2,(H,22,28)/t10-/m0/s1. The van der Waals surface area contributed by atoms with Crippen LogP contribution >= 0.6 is 28.1 Å². The zero-order valence-corrected chi connectivity index (χ0v) is 18.5. The SMILES string of the molecule is O=C(Cc1[nH]c(=S)n2c1C[C@H](c1c(F)ccc(Br)c1F)C2)N1CCS(=O)(=O)CC1. The molecule has 0 spiro atoms. The molecular formula is C18H18BrF2N3O3S2. The lowest BCUT2D eigenvalue weighted by Gasteiger charge is -2.26. The molecule has 1 fully saturated rings. The molecule has 29 heavy (non-hydrogen) atoms. The summed E-state index contributed by atoms with van der Waals surface area (Å²) in [5, 5.41) is 0. The number of halogens is 3. The number of H-pyrrole nitrogens is 1. The number of aromatic nitrogens is 2. The molecule has 156 valence electrons. The molecule has 11 heteroatoms. The van der Waals surface area contributed by atoms with Crippen LogP contribution in [-0.2, 0) is 34.0 Å². The molecule has 6 nitrogen and oxygen atoms in total. The van der Waals surface area contributed by atoms with Gasteiger partial charge in [0.2, 0.25) is 5.91 Å². The normalized spacial score (nSPS) is 20.7. The first-order valence-electron chi connectivity index (χ1n) is 9.08. The van der Waals surface area contributed by atoms with E-state index in [-0.39, 0.29) is 47.0 Å². The Morgan fingerprint density at radius 1 is 1.28 bits per heavy atom. The van der Waals surface area contributed by atoms with E-state index in [4.69, 9.17) is 12.2 Å². The number of hydrogen-bond donors (Lipinski definition) is 1. The van der Waals surface area contributed by atoms with Crippen LogP contribution in [0.15, 0.2) is 16.6 Å². The number of benzene rings is 1. The third-order valence-electron chi connectivity index (χ3n) is 5.53. The number of sulfone groups is 1. The monoisotopic (exact) mass is 505 g/mol. The molecule has 0 unspecified atom stereocenters. The lowest BCUT2D eigenvalue weighted by Crippen LogP contribution is -2.44. The van der Waals surface area contributed by atoms with Gasteiger partial charge in [-0.1, -0.05) is 0 Å². The lowest BCUT2D eigenvalue weighted by molar-refractivity contribution is -0.130. The van der Waals surface area contributed by atoms with E-state index in [1.54, 1.807) is 4.57 Å². The number of fused-ring (bicyclic) bond motifs is 1. The second kappa shape index (κ2) is 7.59. The van der Waals surface area contributed by atoms with Crippen molar-refractivity contribution in [2.24, 2.45) is 0 Å². The first-order chi connectivity index (χ1) is 13.7. The van der Waals surface area contributed by atoms with Gasteiger partial charge in [0.05, 0.1) is 22.4 Å². The molecule has 0 radical (unpaired) electrons. The average Bonchev–Trinajstić information content (AvgIpc) is 3.20.